The summed E-state index contributed by atoms with van der Waals surface area (Å²) in [7, 11) is 3.27. The van der Waals surface area contributed by atoms with Crippen molar-refractivity contribution in [1.82, 2.24) is 19.6 Å². The molecule has 2 N–H and O–H groups in total. The zero-order chi connectivity index (χ0) is 23.8. The number of nitrogens with zero attached hydrogens (tertiary/aromatic N) is 4. The Bertz CT molecular complexity index is 1080. The summed E-state index contributed by atoms with van der Waals surface area (Å²) < 4.78 is 15.0. The number of aromatic nitrogens is 2. The summed E-state index contributed by atoms with van der Waals surface area (Å²) in [6.45, 7) is 5.01. The van der Waals surface area contributed by atoms with E-state index in [-0.39, 0.29) is 6.03 Å². The fourth-order valence-corrected chi connectivity index (χ4v) is 4.51. The van der Waals surface area contributed by atoms with Crippen LogP contribution < -0.4 is 25.0 Å². The van der Waals surface area contributed by atoms with Crippen LogP contribution in [0.4, 0.5) is 15.6 Å². The minimum absolute atomic E-state index is 0.218. The van der Waals surface area contributed by atoms with Gasteiger partial charge in [-0.05, 0) is 29.8 Å². The highest BCUT2D eigenvalue weighted by atomic mass is 32.1. The molecule has 4 rings (SSSR count). The van der Waals surface area contributed by atoms with Crippen LogP contribution in [0.15, 0.2) is 48.5 Å². The molecule has 10 heteroatoms. The Labute approximate surface area is 203 Å². The van der Waals surface area contributed by atoms with Gasteiger partial charge in [0, 0.05) is 69.0 Å². The molecule has 3 aromatic rings. The molecule has 0 spiro atoms. The molecule has 2 heterocycles. The van der Waals surface area contributed by atoms with Gasteiger partial charge < -0.3 is 25.0 Å². The standard InChI is InChI=1S/C24H30N6O3S/c1-32-20-7-3-5-18(15-20)16-22-27-24(34-28-22)30-13-11-29(12-14-30)10-9-25-23(31)26-19-6-4-8-21(17-19)33-2/h3-8,15,17H,9-14,16H2,1-2H3,(H2,25,26,31). The van der Waals surface area contributed by atoms with Crippen molar-refractivity contribution in [2.75, 3.05) is 63.7 Å². The van der Waals surface area contributed by atoms with Crippen LogP contribution >= 0.6 is 11.5 Å². The maximum Gasteiger partial charge on any atom is 0.319 e. The molecule has 1 fully saturated rings. The first-order valence-electron chi connectivity index (χ1n) is 11.2. The first kappa shape index (κ1) is 23.8. The number of nitrogens with one attached hydrogen (secondary N) is 2. The summed E-state index contributed by atoms with van der Waals surface area (Å²) in [4.78, 5) is 21.5. The van der Waals surface area contributed by atoms with Gasteiger partial charge in [0.2, 0.25) is 5.13 Å². The summed E-state index contributed by atoms with van der Waals surface area (Å²) in [5.41, 5.74) is 1.84. The molecule has 0 saturated carbocycles. The van der Waals surface area contributed by atoms with Gasteiger partial charge in [0.25, 0.3) is 0 Å². The summed E-state index contributed by atoms with van der Waals surface area (Å²) in [6.07, 6.45) is 0.692. The van der Waals surface area contributed by atoms with Crippen LogP contribution in [-0.4, -0.2) is 73.8 Å². The second-order valence-corrected chi connectivity index (χ2v) is 8.69. The van der Waals surface area contributed by atoms with E-state index in [0.29, 0.717) is 24.4 Å². The van der Waals surface area contributed by atoms with Gasteiger partial charge in [-0.1, -0.05) is 18.2 Å². The minimum atomic E-state index is -0.218. The molecule has 34 heavy (non-hydrogen) atoms. The van der Waals surface area contributed by atoms with Crippen LogP contribution in [0.3, 0.4) is 0 Å². The zero-order valence-corrected chi connectivity index (χ0v) is 20.3. The van der Waals surface area contributed by atoms with E-state index >= 15 is 0 Å². The third kappa shape index (κ3) is 6.58. The molecular weight excluding hydrogens is 452 g/mol. The number of carbonyl (C=O) groups is 1. The van der Waals surface area contributed by atoms with Gasteiger partial charge in [-0.25, -0.2) is 9.78 Å². The van der Waals surface area contributed by atoms with Gasteiger partial charge in [0.05, 0.1) is 14.2 Å². The fourth-order valence-electron chi connectivity index (χ4n) is 3.78. The highest BCUT2D eigenvalue weighted by molar-refractivity contribution is 7.09. The summed E-state index contributed by atoms with van der Waals surface area (Å²) in [6, 6.07) is 15.1. The number of ether oxygens (including phenoxy) is 2. The molecule has 1 aliphatic rings. The molecule has 0 atom stereocenters. The number of anilines is 2. The molecule has 9 nitrogen and oxygen atoms in total. The lowest BCUT2D eigenvalue weighted by Crippen LogP contribution is -2.48. The molecule has 180 valence electrons. The summed E-state index contributed by atoms with van der Waals surface area (Å²) >= 11 is 1.45. The molecule has 1 saturated heterocycles. The molecule has 2 aromatic carbocycles. The van der Waals surface area contributed by atoms with E-state index in [1.165, 1.54) is 11.5 Å². The van der Waals surface area contributed by atoms with Gasteiger partial charge in [-0.15, -0.1) is 0 Å². The van der Waals surface area contributed by atoms with E-state index < -0.39 is 0 Å². The number of carbonyl (C=O) groups excluding carboxylic acids is 1. The fraction of sp³-hybridized carbons (Fsp3) is 0.375. The Morgan fingerprint density at radius 1 is 1.03 bits per heavy atom. The van der Waals surface area contributed by atoms with Crippen LogP contribution in [0.5, 0.6) is 11.5 Å². The number of hydrogen-bond acceptors (Lipinski definition) is 8. The average Bonchev–Trinajstić information content (AvgIpc) is 3.33. The van der Waals surface area contributed by atoms with Gasteiger partial charge in [-0.3, -0.25) is 4.90 Å². The first-order valence-corrected chi connectivity index (χ1v) is 12.0. The van der Waals surface area contributed by atoms with E-state index in [2.05, 4.69) is 30.9 Å². The smallest absolute Gasteiger partial charge is 0.319 e. The van der Waals surface area contributed by atoms with Crippen molar-refractivity contribution in [2.24, 2.45) is 0 Å². The van der Waals surface area contributed by atoms with Gasteiger partial charge >= 0.3 is 6.03 Å². The Morgan fingerprint density at radius 3 is 2.53 bits per heavy atom. The molecular formula is C24H30N6O3S. The number of rotatable bonds is 9. The van der Waals surface area contributed by atoms with Crippen molar-refractivity contribution in [3.8, 4) is 11.5 Å². The van der Waals surface area contributed by atoms with Crippen molar-refractivity contribution in [3.05, 3.63) is 59.9 Å². The molecule has 1 aromatic heterocycles. The van der Waals surface area contributed by atoms with E-state index in [9.17, 15) is 4.79 Å². The first-order chi connectivity index (χ1) is 16.6. The highest BCUT2D eigenvalue weighted by Crippen LogP contribution is 2.22. The van der Waals surface area contributed by atoms with E-state index in [1.54, 1.807) is 20.3 Å². The predicted molar refractivity (Wildman–Crippen MR) is 134 cm³/mol. The molecule has 0 unspecified atom stereocenters. The number of benzene rings is 2. The van der Waals surface area contributed by atoms with Crippen LogP contribution in [0.1, 0.15) is 11.4 Å². The number of hydrogen-bond donors (Lipinski definition) is 2. The third-order valence-corrected chi connectivity index (χ3v) is 6.45. The minimum Gasteiger partial charge on any atom is -0.497 e. The van der Waals surface area contributed by atoms with E-state index in [1.807, 2.05) is 36.4 Å². The van der Waals surface area contributed by atoms with Crippen LogP contribution in [-0.2, 0) is 6.42 Å². The van der Waals surface area contributed by atoms with E-state index in [0.717, 1.165) is 55.0 Å². The largest absolute Gasteiger partial charge is 0.497 e. The maximum absolute atomic E-state index is 12.1. The van der Waals surface area contributed by atoms with Crippen molar-refractivity contribution in [3.63, 3.8) is 0 Å². The molecule has 0 radical (unpaired) electrons. The summed E-state index contributed by atoms with van der Waals surface area (Å²) in [5, 5.41) is 6.72. The van der Waals surface area contributed by atoms with Gasteiger partial charge in [0.1, 0.15) is 17.3 Å². The predicted octanol–water partition coefficient (Wildman–Crippen LogP) is 3.09. The number of methoxy groups -OCH3 is 2. The lowest BCUT2D eigenvalue weighted by molar-refractivity contribution is 0.240. The van der Waals surface area contributed by atoms with Crippen molar-refractivity contribution >= 4 is 28.4 Å². The Kier molecular flexibility index (Phi) is 8.16. The van der Waals surface area contributed by atoms with Crippen molar-refractivity contribution in [2.45, 2.75) is 6.42 Å². The van der Waals surface area contributed by atoms with E-state index in [4.69, 9.17) is 14.5 Å². The summed E-state index contributed by atoms with van der Waals surface area (Å²) in [5.74, 6) is 2.39. The normalized spacial score (nSPS) is 14.0. The highest BCUT2D eigenvalue weighted by Gasteiger charge is 2.20. The molecule has 0 aliphatic carbocycles. The Morgan fingerprint density at radius 2 is 1.76 bits per heavy atom. The average molecular weight is 483 g/mol. The molecule has 0 bridgehead atoms. The second kappa shape index (κ2) is 11.7. The number of urea groups is 1. The van der Waals surface area contributed by atoms with Crippen LogP contribution in [0.25, 0.3) is 0 Å². The Hall–Kier alpha value is -3.37. The number of amides is 2. The topological polar surface area (TPSA) is 91.9 Å². The van der Waals surface area contributed by atoms with Crippen LogP contribution in [0, 0.1) is 0 Å². The lowest BCUT2D eigenvalue weighted by Gasteiger charge is -2.34. The second-order valence-electron chi connectivity index (χ2n) is 7.96. The third-order valence-electron chi connectivity index (χ3n) is 5.64. The maximum atomic E-state index is 12.1. The zero-order valence-electron chi connectivity index (χ0n) is 19.5. The van der Waals surface area contributed by atoms with Crippen molar-refractivity contribution < 1.29 is 14.3 Å². The SMILES string of the molecule is COc1cccc(Cc2nsc(N3CCN(CCNC(=O)Nc4cccc(OC)c4)CC3)n2)c1. The molecule has 1 aliphatic heterocycles. The number of piperazine rings is 1. The quantitative estimate of drug-likeness (QED) is 0.484. The Balaban J connectivity index is 1.17. The van der Waals surface area contributed by atoms with Crippen molar-refractivity contribution in [1.29, 1.82) is 0 Å². The van der Waals surface area contributed by atoms with Crippen LogP contribution in [0.2, 0.25) is 0 Å². The lowest BCUT2D eigenvalue weighted by atomic mass is 10.1. The monoisotopic (exact) mass is 482 g/mol. The molecule has 2 amide bonds. The van der Waals surface area contributed by atoms with Gasteiger partial charge in [0.15, 0.2) is 0 Å². The van der Waals surface area contributed by atoms with Gasteiger partial charge in [-0.2, -0.15) is 4.37 Å².